The van der Waals surface area contributed by atoms with E-state index < -0.39 is 5.79 Å². The number of aromatic nitrogens is 1. The molecule has 0 radical (unpaired) electrons. The molecule has 3 heterocycles. The number of fused-ring (bicyclic) bond motifs is 1. The number of hydrogen-bond acceptors (Lipinski definition) is 7. The monoisotopic (exact) mass is 561 g/mol. The Morgan fingerprint density at radius 2 is 1.89 bits per heavy atom. The van der Waals surface area contributed by atoms with Gasteiger partial charge in [0.05, 0.1) is 11.1 Å². The molecule has 0 bridgehead atoms. The fourth-order valence-electron chi connectivity index (χ4n) is 5.93. The molecule has 38 heavy (non-hydrogen) atoms. The van der Waals surface area contributed by atoms with Crippen molar-refractivity contribution in [3.8, 4) is 11.5 Å². The summed E-state index contributed by atoms with van der Waals surface area (Å²) in [6, 6.07) is 4.12. The summed E-state index contributed by atoms with van der Waals surface area (Å²) in [7, 11) is 1.78. The molecule has 1 saturated heterocycles. The number of amides is 1. The van der Waals surface area contributed by atoms with Gasteiger partial charge in [0.2, 0.25) is 0 Å². The molecule has 1 atom stereocenters. The highest BCUT2D eigenvalue weighted by Gasteiger charge is 2.48. The van der Waals surface area contributed by atoms with E-state index in [9.17, 15) is 9.59 Å². The summed E-state index contributed by atoms with van der Waals surface area (Å²) in [5.41, 5.74) is 2.19. The lowest BCUT2D eigenvalue weighted by atomic mass is 9.80. The molecule has 1 amide bonds. The molecule has 206 valence electrons. The number of carbonyl (C=O) groups is 1. The number of nitrogens with one attached hydrogen (secondary N) is 2. The number of halogens is 1. The third-order valence-electron chi connectivity index (χ3n) is 8.33. The van der Waals surface area contributed by atoms with Gasteiger partial charge in [0.25, 0.3) is 17.3 Å². The second kappa shape index (κ2) is 10.8. The van der Waals surface area contributed by atoms with E-state index in [0.29, 0.717) is 45.4 Å². The Bertz CT molecular complexity index is 1290. The van der Waals surface area contributed by atoms with Crippen molar-refractivity contribution in [3.05, 3.63) is 49.9 Å². The molecule has 1 aromatic heterocycles. The zero-order chi connectivity index (χ0) is 27.2. The number of likely N-dealkylation sites (tertiary alicyclic amines) is 1. The van der Waals surface area contributed by atoms with Crippen LogP contribution in [0.1, 0.15) is 59.8 Å². The Hall–Kier alpha value is -2.20. The number of pyridine rings is 1. The summed E-state index contributed by atoms with van der Waals surface area (Å²) in [6.07, 6.45) is 6.45. The lowest BCUT2D eigenvalue weighted by Gasteiger charge is -2.47. The predicted octanol–water partition coefficient (Wildman–Crippen LogP) is 4.67. The number of thioether (sulfide) groups is 1. The molecule has 2 aromatic rings. The van der Waals surface area contributed by atoms with Crippen molar-refractivity contribution in [1.29, 1.82) is 0 Å². The number of aryl methyl sites for hydroxylation is 1. The highest BCUT2D eigenvalue weighted by Crippen LogP contribution is 2.51. The minimum atomic E-state index is -0.830. The normalized spacial score (nSPS) is 25.3. The smallest absolute Gasteiger partial charge is 0.254 e. The number of methoxy groups -OCH3 is 1. The van der Waals surface area contributed by atoms with Crippen molar-refractivity contribution in [1.82, 2.24) is 15.2 Å². The number of rotatable bonds is 7. The average molecular weight is 562 g/mol. The van der Waals surface area contributed by atoms with E-state index in [1.807, 2.05) is 33.1 Å². The molecular weight excluding hydrogens is 526 g/mol. The van der Waals surface area contributed by atoms with Crippen LogP contribution in [0.3, 0.4) is 0 Å². The fraction of sp³-hybridized carbons (Fsp3) is 0.571. The van der Waals surface area contributed by atoms with E-state index in [1.54, 1.807) is 13.2 Å². The molecule has 2 N–H and O–H groups in total. The van der Waals surface area contributed by atoms with Crippen LogP contribution < -0.4 is 20.3 Å². The van der Waals surface area contributed by atoms with Gasteiger partial charge in [-0.1, -0.05) is 11.6 Å². The van der Waals surface area contributed by atoms with Gasteiger partial charge in [0.1, 0.15) is 0 Å². The first-order valence-corrected chi connectivity index (χ1v) is 14.8. The van der Waals surface area contributed by atoms with Gasteiger partial charge in [0, 0.05) is 72.9 Å². The number of hydrogen-bond donors (Lipinski definition) is 2. The summed E-state index contributed by atoms with van der Waals surface area (Å²) in [6.45, 7) is 7.80. The van der Waals surface area contributed by atoms with Crippen LogP contribution in [0, 0.1) is 19.8 Å². The van der Waals surface area contributed by atoms with Gasteiger partial charge < -0.3 is 24.5 Å². The standard InChI is InChI=1S/C28H36ClN3O5S/c1-15-10-23(38-5)21(27(34)31-15)12-30-26(33)20-11-22(29)25-24(16(20)2)36-28(3,37-25)17-6-8-18(9-7-17)32-13-19(14-32)35-4/h10-11,17-19H,6-9,12-14H2,1-5H3,(H,30,33)(H,31,34)/t17-,18-,28-/m1/s1. The van der Waals surface area contributed by atoms with Gasteiger partial charge in [-0.25, -0.2) is 0 Å². The largest absolute Gasteiger partial charge is 0.448 e. The second-order valence-corrected chi connectivity index (χ2v) is 12.0. The first-order chi connectivity index (χ1) is 18.1. The quantitative estimate of drug-likeness (QED) is 0.474. The van der Waals surface area contributed by atoms with Crippen molar-refractivity contribution in [2.75, 3.05) is 26.5 Å². The molecule has 1 aromatic carbocycles. The minimum absolute atomic E-state index is 0.110. The summed E-state index contributed by atoms with van der Waals surface area (Å²) in [5, 5.41) is 3.23. The molecule has 2 aliphatic heterocycles. The number of ether oxygens (including phenoxy) is 3. The molecule has 0 unspecified atom stereocenters. The van der Waals surface area contributed by atoms with Gasteiger partial charge in [0.15, 0.2) is 11.5 Å². The molecular formula is C28H36ClN3O5S. The van der Waals surface area contributed by atoms with Crippen LogP contribution in [0.5, 0.6) is 11.5 Å². The number of nitrogens with zero attached hydrogens (tertiary/aromatic N) is 1. The summed E-state index contributed by atoms with van der Waals surface area (Å²) in [4.78, 5) is 31.9. The minimum Gasteiger partial charge on any atom is -0.448 e. The van der Waals surface area contributed by atoms with Crippen LogP contribution in [0.4, 0.5) is 0 Å². The van der Waals surface area contributed by atoms with E-state index in [0.717, 1.165) is 49.4 Å². The van der Waals surface area contributed by atoms with E-state index in [-0.39, 0.29) is 23.9 Å². The Balaban J connectivity index is 1.27. The maximum absolute atomic E-state index is 13.2. The van der Waals surface area contributed by atoms with Gasteiger partial charge in [-0.05, 0) is 57.9 Å². The topological polar surface area (TPSA) is 92.9 Å². The summed E-state index contributed by atoms with van der Waals surface area (Å²) in [5.74, 6) is 0.0903. The predicted molar refractivity (Wildman–Crippen MR) is 149 cm³/mol. The summed E-state index contributed by atoms with van der Waals surface area (Å²) >= 11 is 8.10. The van der Waals surface area contributed by atoms with Crippen LogP contribution in [0.25, 0.3) is 0 Å². The van der Waals surface area contributed by atoms with Gasteiger partial charge in [-0.15, -0.1) is 11.8 Å². The third-order valence-corrected chi connectivity index (χ3v) is 9.42. The highest BCUT2D eigenvalue weighted by atomic mass is 35.5. The Morgan fingerprint density at radius 1 is 1.21 bits per heavy atom. The Morgan fingerprint density at radius 3 is 2.55 bits per heavy atom. The molecule has 1 aliphatic carbocycles. The Labute approximate surface area is 232 Å². The summed E-state index contributed by atoms with van der Waals surface area (Å²) < 4.78 is 18.3. The van der Waals surface area contributed by atoms with Gasteiger partial charge in [-0.3, -0.25) is 14.5 Å². The van der Waals surface area contributed by atoms with E-state index in [1.165, 1.54) is 11.8 Å². The molecule has 8 nitrogen and oxygen atoms in total. The number of carbonyl (C=O) groups excluding carboxylic acids is 1. The molecule has 1 saturated carbocycles. The van der Waals surface area contributed by atoms with Crippen molar-refractivity contribution in [2.45, 2.75) is 75.8 Å². The van der Waals surface area contributed by atoms with E-state index >= 15 is 0 Å². The van der Waals surface area contributed by atoms with Crippen molar-refractivity contribution < 1.29 is 19.0 Å². The van der Waals surface area contributed by atoms with E-state index in [4.69, 9.17) is 25.8 Å². The second-order valence-electron chi connectivity index (χ2n) is 10.7. The van der Waals surface area contributed by atoms with Crippen LogP contribution in [0.2, 0.25) is 5.02 Å². The number of benzene rings is 1. The van der Waals surface area contributed by atoms with E-state index in [2.05, 4.69) is 15.2 Å². The number of H-pyrrole nitrogens is 1. The first-order valence-electron chi connectivity index (χ1n) is 13.2. The fourth-order valence-corrected chi connectivity index (χ4v) is 6.87. The zero-order valence-electron chi connectivity index (χ0n) is 22.6. The molecule has 2 fully saturated rings. The van der Waals surface area contributed by atoms with Gasteiger partial charge >= 0.3 is 0 Å². The SMILES string of the molecule is COC1CN([C@H]2CC[C@H]([C@@]3(C)Oc4c(Cl)cc(C(=O)NCc5c(SC)cc(C)[nH]c5=O)c(C)c4O3)CC2)C1. The molecule has 10 heteroatoms. The lowest BCUT2D eigenvalue weighted by Crippen LogP contribution is -2.57. The lowest BCUT2D eigenvalue weighted by molar-refractivity contribution is -0.130. The van der Waals surface area contributed by atoms with Crippen LogP contribution in [-0.2, 0) is 11.3 Å². The maximum atomic E-state index is 13.2. The maximum Gasteiger partial charge on any atom is 0.254 e. The van der Waals surface area contributed by atoms with Crippen molar-refractivity contribution in [2.24, 2.45) is 5.92 Å². The van der Waals surface area contributed by atoms with Gasteiger partial charge in [-0.2, -0.15) is 0 Å². The highest BCUT2D eigenvalue weighted by molar-refractivity contribution is 7.98. The van der Waals surface area contributed by atoms with Crippen molar-refractivity contribution in [3.63, 3.8) is 0 Å². The third kappa shape index (κ3) is 5.06. The van der Waals surface area contributed by atoms with Crippen LogP contribution in [-0.4, -0.2) is 60.2 Å². The first kappa shape index (κ1) is 27.4. The molecule has 3 aliphatic rings. The van der Waals surface area contributed by atoms with Crippen molar-refractivity contribution >= 4 is 29.3 Å². The van der Waals surface area contributed by atoms with Crippen LogP contribution >= 0.6 is 23.4 Å². The molecule has 5 rings (SSSR count). The van der Waals surface area contributed by atoms with Crippen LogP contribution in [0.15, 0.2) is 21.8 Å². The average Bonchev–Trinajstić information content (AvgIpc) is 3.24. The molecule has 0 spiro atoms. The zero-order valence-corrected chi connectivity index (χ0v) is 24.2. The number of aromatic amines is 1. The Kier molecular flexibility index (Phi) is 7.75.